The van der Waals surface area contributed by atoms with E-state index in [9.17, 15) is 4.79 Å². The second-order valence-electron chi connectivity index (χ2n) is 8.88. The normalized spacial score (nSPS) is 18.2. The second-order valence-corrected chi connectivity index (χ2v) is 8.88. The van der Waals surface area contributed by atoms with Crippen molar-refractivity contribution in [3.05, 3.63) is 60.3 Å². The quantitative estimate of drug-likeness (QED) is 0.472. The summed E-state index contributed by atoms with van der Waals surface area (Å²) in [6.45, 7) is 3.39. The highest BCUT2D eigenvalue weighted by atomic mass is 16.5. The Bertz CT molecular complexity index is 1050. The summed E-state index contributed by atoms with van der Waals surface area (Å²) in [7, 11) is 1.68. The van der Waals surface area contributed by atoms with E-state index in [0.717, 1.165) is 49.2 Å². The molecule has 6 nitrogen and oxygen atoms in total. The van der Waals surface area contributed by atoms with E-state index in [1.165, 1.54) is 16.8 Å². The summed E-state index contributed by atoms with van der Waals surface area (Å²) in [4.78, 5) is 10.7. The van der Waals surface area contributed by atoms with Gasteiger partial charge in [0.2, 0.25) is 0 Å². The Hall–Kier alpha value is -3.12. The van der Waals surface area contributed by atoms with Gasteiger partial charge in [0, 0.05) is 23.4 Å². The third-order valence-electron chi connectivity index (χ3n) is 6.61. The van der Waals surface area contributed by atoms with Crippen LogP contribution in [0.15, 0.2) is 54.6 Å². The molecule has 1 saturated carbocycles. The zero-order valence-electron chi connectivity index (χ0n) is 19.4. The van der Waals surface area contributed by atoms with Crippen LogP contribution < -0.4 is 4.74 Å². The maximum absolute atomic E-state index is 10.7. The SMILES string of the molecule is COc1ccc(-c2nn(CC3CCC(COCC(=O)O)CC3)c(C)c2-c2ccccc2)cc1. The monoisotopic (exact) mass is 448 g/mol. The smallest absolute Gasteiger partial charge is 0.329 e. The van der Waals surface area contributed by atoms with E-state index in [1.807, 2.05) is 18.2 Å². The topological polar surface area (TPSA) is 73.6 Å². The summed E-state index contributed by atoms with van der Waals surface area (Å²) in [6, 6.07) is 18.6. The summed E-state index contributed by atoms with van der Waals surface area (Å²) >= 11 is 0. The predicted molar refractivity (Wildman–Crippen MR) is 128 cm³/mol. The lowest BCUT2D eigenvalue weighted by molar-refractivity contribution is -0.142. The molecule has 4 rings (SSSR count). The molecule has 0 spiro atoms. The Balaban J connectivity index is 1.52. The lowest BCUT2D eigenvalue weighted by Gasteiger charge is -2.28. The minimum absolute atomic E-state index is 0.206. The Morgan fingerprint density at radius 3 is 2.30 bits per heavy atom. The van der Waals surface area contributed by atoms with Crippen molar-refractivity contribution in [1.29, 1.82) is 0 Å². The van der Waals surface area contributed by atoms with E-state index in [2.05, 4.69) is 48.0 Å². The van der Waals surface area contributed by atoms with Gasteiger partial charge in [0.05, 0.1) is 13.7 Å². The Labute approximate surface area is 195 Å². The highest BCUT2D eigenvalue weighted by Crippen LogP contribution is 2.36. The van der Waals surface area contributed by atoms with Crippen molar-refractivity contribution in [2.45, 2.75) is 39.2 Å². The van der Waals surface area contributed by atoms with Crippen molar-refractivity contribution in [2.75, 3.05) is 20.3 Å². The zero-order valence-corrected chi connectivity index (χ0v) is 19.4. The minimum Gasteiger partial charge on any atom is -0.497 e. The first-order valence-electron chi connectivity index (χ1n) is 11.6. The van der Waals surface area contributed by atoms with E-state index in [-0.39, 0.29) is 6.61 Å². The molecule has 6 heteroatoms. The number of hydrogen-bond acceptors (Lipinski definition) is 4. The van der Waals surface area contributed by atoms with E-state index >= 15 is 0 Å². The largest absolute Gasteiger partial charge is 0.497 e. The summed E-state index contributed by atoms with van der Waals surface area (Å²) in [5.41, 5.74) is 5.61. The molecule has 1 heterocycles. The average Bonchev–Trinajstić information content (AvgIpc) is 3.16. The fourth-order valence-electron chi connectivity index (χ4n) is 4.76. The lowest BCUT2D eigenvalue weighted by atomic mass is 9.82. The summed E-state index contributed by atoms with van der Waals surface area (Å²) in [6.07, 6.45) is 4.36. The third-order valence-corrected chi connectivity index (χ3v) is 6.61. The van der Waals surface area contributed by atoms with Crippen LogP contribution in [0.2, 0.25) is 0 Å². The van der Waals surface area contributed by atoms with Crippen LogP contribution in [0.25, 0.3) is 22.4 Å². The van der Waals surface area contributed by atoms with Crippen molar-refractivity contribution in [2.24, 2.45) is 11.8 Å². The Kier molecular flexibility index (Phi) is 7.45. The molecule has 2 aromatic carbocycles. The van der Waals surface area contributed by atoms with Gasteiger partial charge in [-0.1, -0.05) is 30.3 Å². The highest BCUT2D eigenvalue weighted by Gasteiger charge is 2.24. The van der Waals surface area contributed by atoms with Gasteiger partial charge in [-0.15, -0.1) is 0 Å². The van der Waals surface area contributed by atoms with Crippen LogP contribution in [0.4, 0.5) is 0 Å². The van der Waals surface area contributed by atoms with E-state index in [1.54, 1.807) is 7.11 Å². The van der Waals surface area contributed by atoms with Crippen LogP contribution >= 0.6 is 0 Å². The van der Waals surface area contributed by atoms with Gasteiger partial charge in [-0.05, 0) is 74.3 Å². The number of carbonyl (C=O) groups is 1. The molecule has 0 unspecified atom stereocenters. The molecule has 33 heavy (non-hydrogen) atoms. The molecular weight excluding hydrogens is 416 g/mol. The van der Waals surface area contributed by atoms with E-state index in [0.29, 0.717) is 18.4 Å². The molecule has 0 aliphatic heterocycles. The summed E-state index contributed by atoms with van der Waals surface area (Å²) in [5.74, 6) is 0.945. The number of aromatic nitrogens is 2. The maximum atomic E-state index is 10.7. The molecule has 0 amide bonds. The first-order valence-corrected chi connectivity index (χ1v) is 11.6. The molecule has 0 saturated heterocycles. The number of methoxy groups -OCH3 is 1. The third kappa shape index (κ3) is 5.63. The summed E-state index contributed by atoms with van der Waals surface area (Å²) < 4.78 is 12.8. The standard InChI is InChI=1S/C27H32N2O4/c1-19-26(22-6-4-3-5-7-22)27(23-12-14-24(32-2)15-13-23)28-29(19)16-20-8-10-21(11-9-20)17-33-18-25(30)31/h3-7,12-15,20-21H,8-11,16-18H2,1-2H3,(H,30,31). The number of carboxylic acid groups (broad SMARTS) is 1. The predicted octanol–water partition coefficient (Wildman–Crippen LogP) is 5.44. The van der Waals surface area contributed by atoms with Crippen molar-refractivity contribution in [3.63, 3.8) is 0 Å². The van der Waals surface area contributed by atoms with Gasteiger partial charge in [-0.2, -0.15) is 5.10 Å². The van der Waals surface area contributed by atoms with Crippen LogP contribution in [0.5, 0.6) is 5.75 Å². The minimum atomic E-state index is -0.903. The molecule has 1 aliphatic rings. The Morgan fingerprint density at radius 2 is 1.67 bits per heavy atom. The number of ether oxygens (including phenoxy) is 2. The number of benzene rings is 2. The first-order chi connectivity index (χ1) is 16.0. The molecule has 1 aromatic heterocycles. The van der Waals surface area contributed by atoms with E-state index in [4.69, 9.17) is 19.7 Å². The van der Waals surface area contributed by atoms with Crippen molar-refractivity contribution in [3.8, 4) is 28.1 Å². The zero-order chi connectivity index (χ0) is 23.2. The lowest BCUT2D eigenvalue weighted by Crippen LogP contribution is -2.23. The van der Waals surface area contributed by atoms with Crippen molar-refractivity contribution >= 4 is 5.97 Å². The molecule has 3 aromatic rings. The molecule has 174 valence electrons. The second kappa shape index (κ2) is 10.7. The van der Waals surface area contributed by atoms with Gasteiger partial charge in [0.1, 0.15) is 18.1 Å². The van der Waals surface area contributed by atoms with Crippen molar-refractivity contribution in [1.82, 2.24) is 9.78 Å². The number of carboxylic acids is 1. The molecule has 0 atom stereocenters. The van der Waals surface area contributed by atoms with E-state index < -0.39 is 5.97 Å². The van der Waals surface area contributed by atoms with Crippen LogP contribution in [-0.4, -0.2) is 41.2 Å². The van der Waals surface area contributed by atoms with Crippen LogP contribution in [-0.2, 0) is 16.1 Å². The van der Waals surface area contributed by atoms with Gasteiger partial charge in [0.25, 0.3) is 0 Å². The highest BCUT2D eigenvalue weighted by molar-refractivity contribution is 5.82. The first kappa shape index (κ1) is 23.1. The summed E-state index contributed by atoms with van der Waals surface area (Å²) in [5, 5.41) is 13.8. The Morgan fingerprint density at radius 1 is 1.00 bits per heavy atom. The molecule has 1 aliphatic carbocycles. The molecule has 0 bridgehead atoms. The van der Waals surface area contributed by atoms with Gasteiger partial charge in [-0.25, -0.2) is 4.79 Å². The van der Waals surface area contributed by atoms with Gasteiger partial charge >= 0.3 is 5.97 Å². The van der Waals surface area contributed by atoms with Gasteiger partial charge in [-0.3, -0.25) is 4.68 Å². The molecule has 1 N–H and O–H groups in total. The van der Waals surface area contributed by atoms with Gasteiger partial charge < -0.3 is 14.6 Å². The fraction of sp³-hybridized carbons (Fsp3) is 0.407. The van der Waals surface area contributed by atoms with Crippen LogP contribution in [0, 0.1) is 18.8 Å². The van der Waals surface area contributed by atoms with Crippen LogP contribution in [0.3, 0.4) is 0 Å². The maximum Gasteiger partial charge on any atom is 0.329 e. The van der Waals surface area contributed by atoms with Gasteiger partial charge in [0.15, 0.2) is 0 Å². The number of hydrogen-bond donors (Lipinski definition) is 1. The van der Waals surface area contributed by atoms with Crippen molar-refractivity contribution < 1.29 is 19.4 Å². The number of nitrogens with zero attached hydrogens (tertiary/aromatic N) is 2. The number of aliphatic carboxylic acids is 1. The molecule has 0 radical (unpaired) electrons. The molecule has 1 fully saturated rings. The fourth-order valence-corrected chi connectivity index (χ4v) is 4.76. The number of rotatable bonds is 9. The van der Waals surface area contributed by atoms with Crippen LogP contribution in [0.1, 0.15) is 31.4 Å². The molecular formula is C27H32N2O4. The average molecular weight is 449 g/mol.